The summed E-state index contributed by atoms with van der Waals surface area (Å²) in [6, 6.07) is 0. The molecule has 0 aromatic rings. The molecule has 0 spiro atoms. The molecule has 0 N–H and O–H groups in total. The molecule has 0 aliphatic rings. The summed E-state index contributed by atoms with van der Waals surface area (Å²) in [5.41, 5.74) is 0. The van der Waals surface area contributed by atoms with Gasteiger partial charge < -0.3 is 27.9 Å². The van der Waals surface area contributed by atoms with Gasteiger partial charge >= 0.3 is 11.9 Å². The van der Waals surface area contributed by atoms with Gasteiger partial charge in [-0.05, 0) is 32.1 Å². The Morgan fingerprint density at radius 3 is 1.53 bits per heavy atom. The first-order chi connectivity index (χ1) is 26.5. The van der Waals surface area contributed by atoms with Crippen molar-refractivity contribution in [2.24, 2.45) is 0 Å². The molecule has 0 fully saturated rings. The zero-order chi connectivity index (χ0) is 40.7. The maximum Gasteiger partial charge on any atom is 0.306 e. The van der Waals surface area contributed by atoms with E-state index in [2.05, 4.69) is 32.1 Å². The summed E-state index contributed by atoms with van der Waals surface area (Å²) < 4.78 is 33.9. The largest absolute Gasteiger partial charge is 0.756 e. The van der Waals surface area contributed by atoms with Crippen LogP contribution in [0.5, 0.6) is 0 Å². The minimum Gasteiger partial charge on any atom is -0.756 e. The molecule has 0 heterocycles. The van der Waals surface area contributed by atoms with E-state index in [0.29, 0.717) is 17.4 Å². The van der Waals surface area contributed by atoms with E-state index >= 15 is 0 Å². The molecule has 322 valence electrons. The Balaban J connectivity index is 4.31. The quantitative estimate of drug-likeness (QED) is 0.0198. The number of allylic oxidation sites excluding steroid dienone is 6. The molecule has 0 amide bonds. The number of likely N-dealkylation sites (N-methyl/N-ethyl adjacent to an activating group) is 1. The van der Waals surface area contributed by atoms with Gasteiger partial charge in [-0.3, -0.25) is 14.2 Å². The fourth-order valence-corrected chi connectivity index (χ4v) is 6.74. The number of unbranched alkanes of at least 4 members (excludes halogenated alkanes) is 22. The van der Waals surface area contributed by atoms with Crippen LogP contribution in [-0.4, -0.2) is 70.0 Å². The molecular weight excluding hydrogens is 713 g/mol. The van der Waals surface area contributed by atoms with Gasteiger partial charge in [0.15, 0.2) is 6.10 Å². The summed E-state index contributed by atoms with van der Waals surface area (Å²) in [5.74, 6) is -0.854. The molecule has 0 rings (SSSR count). The van der Waals surface area contributed by atoms with E-state index in [4.69, 9.17) is 18.5 Å². The van der Waals surface area contributed by atoms with Crippen molar-refractivity contribution < 1.29 is 42.1 Å². The standard InChI is InChI=1S/C45H84NO8P/c1-6-8-10-12-14-16-18-20-21-22-23-24-26-27-29-31-33-35-37-44(47)51-41-43(42-53-55(49,50)52-40-39-46(3,4)5)54-45(48)38-36-34-32-30-28-25-19-17-15-13-11-9-7-2/h9,11,13,15,17,19,43H,6-8,10,12,14,16,18,20-42H2,1-5H3/b11-9+,15-13+,19-17+. The van der Waals surface area contributed by atoms with Crippen LogP contribution in [0.25, 0.3) is 0 Å². The third-order valence-corrected chi connectivity index (χ3v) is 10.4. The monoisotopic (exact) mass is 798 g/mol. The third-order valence-electron chi connectivity index (χ3n) is 9.49. The topological polar surface area (TPSA) is 111 Å². The number of carbonyl (C=O) groups excluding carboxylic acids is 2. The van der Waals surface area contributed by atoms with E-state index in [-0.39, 0.29) is 32.0 Å². The lowest BCUT2D eigenvalue weighted by Gasteiger charge is -2.28. The third kappa shape index (κ3) is 41.7. The summed E-state index contributed by atoms with van der Waals surface area (Å²) in [4.78, 5) is 37.5. The predicted octanol–water partition coefficient (Wildman–Crippen LogP) is 11.9. The van der Waals surface area contributed by atoms with Crippen molar-refractivity contribution in [3.63, 3.8) is 0 Å². The molecule has 0 saturated heterocycles. The molecule has 2 unspecified atom stereocenters. The Morgan fingerprint density at radius 2 is 1.04 bits per heavy atom. The van der Waals surface area contributed by atoms with E-state index in [1.54, 1.807) is 0 Å². The van der Waals surface area contributed by atoms with Crippen LogP contribution in [0.3, 0.4) is 0 Å². The number of esters is 2. The second kappa shape index (κ2) is 37.8. The van der Waals surface area contributed by atoms with Crippen LogP contribution in [0.2, 0.25) is 0 Å². The highest BCUT2D eigenvalue weighted by Gasteiger charge is 2.21. The van der Waals surface area contributed by atoms with Crippen molar-refractivity contribution in [2.75, 3.05) is 47.5 Å². The maximum atomic E-state index is 12.6. The van der Waals surface area contributed by atoms with Crippen LogP contribution < -0.4 is 4.89 Å². The number of quaternary nitrogens is 1. The summed E-state index contributed by atoms with van der Waals surface area (Å²) >= 11 is 0. The van der Waals surface area contributed by atoms with Gasteiger partial charge in [0.2, 0.25) is 0 Å². The van der Waals surface area contributed by atoms with E-state index in [0.717, 1.165) is 57.8 Å². The van der Waals surface area contributed by atoms with Gasteiger partial charge in [0.25, 0.3) is 7.82 Å². The van der Waals surface area contributed by atoms with Crippen molar-refractivity contribution in [3.05, 3.63) is 36.5 Å². The van der Waals surface area contributed by atoms with Crippen molar-refractivity contribution in [1.29, 1.82) is 0 Å². The number of nitrogens with zero attached hydrogens (tertiary/aromatic N) is 1. The van der Waals surface area contributed by atoms with Crippen LogP contribution in [0.4, 0.5) is 0 Å². The van der Waals surface area contributed by atoms with E-state index in [9.17, 15) is 19.0 Å². The Hall–Kier alpha value is -1.77. The average molecular weight is 798 g/mol. The average Bonchev–Trinajstić information content (AvgIpc) is 3.13. The molecule has 0 saturated carbocycles. The molecule has 10 heteroatoms. The molecule has 0 aromatic carbocycles. The van der Waals surface area contributed by atoms with Crippen molar-refractivity contribution in [3.8, 4) is 0 Å². The molecule has 0 bridgehead atoms. The minimum atomic E-state index is -4.63. The van der Waals surface area contributed by atoms with E-state index in [1.165, 1.54) is 96.3 Å². The molecular formula is C45H84NO8P. The first-order valence-corrected chi connectivity index (χ1v) is 23.7. The van der Waals surface area contributed by atoms with Gasteiger partial charge in [-0.25, -0.2) is 0 Å². The molecule has 55 heavy (non-hydrogen) atoms. The zero-order valence-electron chi connectivity index (χ0n) is 36.1. The van der Waals surface area contributed by atoms with Crippen molar-refractivity contribution in [2.45, 2.75) is 193 Å². The first-order valence-electron chi connectivity index (χ1n) is 22.2. The highest BCUT2D eigenvalue weighted by atomic mass is 31.2. The Kier molecular flexibility index (Phi) is 36.6. The van der Waals surface area contributed by atoms with Gasteiger partial charge in [-0.1, -0.05) is 179 Å². The number of carbonyl (C=O) groups is 2. The predicted molar refractivity (Wildman–Crippen MR) is 227 cm³/mol. The lowest BCUT2D eigenvalue weighted by Crippen LogP contribution is -2.37. The number of rotatable bonds is 40. The molecule has 0 aromatic heterocycles. The molecule has 2 atom stereocenters. The Labute approximate surface area is 338 Å². The highest BCUT2D eigenvalue weighted by molar-refractivity contribution is 7.45. The van der Waals surface area contributed by atoms with Gasteiger partial charge in [-0.15, -0.1) is 0 Å². The van der Waals surface area contributed by atoms with Crippen LogP contribution >= 0.6 is 7.82 Å². The first kappa shape index (κ1) is 53.2. The summed E-state index contributed by atoms with van der Waals surface area (Å²) in [7, 11) is 1.15. The van der Waals surface area contributed by atoms with E-state index in [1.807, 2.05) is 39.4 Å². The van der Waals surface area contributed by atoms with Crippen LogP contribution in [0.15, 0.2) is 36.5 Å². The number of phosphoric acid groups is 1. The summed E-state index contributed by atoms with van der Waals surface area (Å²) in [6.45, 7) is 4.08. The number of ether oxygens (including phenoxy) is 2. The fourth-order valence-electron chi connectivity index (χ4n) is 6.01. The molecule has 0 aliphatic carbocycles. The van der Waals surface area contributed by atoms with Crippen LogP contribution in [-0.2, 0) is 32.7 Å². The van der Waals surface area contributed by atoms with Crippen molar-refractivity contribution >= 4 is 19.8 Å². The normalized spacial score (nSPS) is 13.9. The van der Waals surface area contributed by atoms with Crippen LogP contribution in [0.1, 0.15) is 187 Å². The van der Waals surface area contributed by atoms with Crippen LogP contribution in [0, 0.1) is 0 Å². The highest BCUT2D eigenvalue weighted by Crippen LogP contribution is 2.38. The second-order valence-corrected chi connectivity index (χ2v) is 17.5. The molecule has 9 nitrogen and oxygen atoms in total. The summed E-state index contributed by atoms with van der Waals surface area (Å²) in [5, 5.41) is 0. The minimum absolute atomic E-state index is 0.0346. The van der Waals surface area contributed by atoms with E-state index < -0.39 is 26.5 Å². The van der Waals surface area contributed by atoms with Gasteiger partial charge in [0, 0.05) is 12.8 Å². The Bertz CT molecular complexity index is 1040. The lowest BCUT2D eigenvalue weighted by molar-refractivity contribution is -0.870. The molecule has 0 aliphatic heterocycles. The molecule has 0 radical (unpaired) electrons. The SMILES string of the molecule is CC/C=C/C=C/C=C/CCCCCCCC(=O)OC(COC(=O)CCCCCCCCCCCCCCCCCCCC)COP(=O)([O-])OCC[N+](C)(C)C. The number of hydrogen-bond acceptors (Lipinski definition) is 8. The summed E-state index contributed by atoms with van der Waals surface area (Å²) in [6.07, 6.45) is 41.7. The lowest BCUT2D eigenvalue weighted by atomic mass is 10.0. The second-order valence-electron chi connectivity index (χ2n) is 16.1. The fraction of sp³-hybridized carbons (Fsp3) is 0.822. The number of phosphoric ester groups is 1. The van der Waals surface area contributed by atoms with Crippen molar-refractivity contribution in [1.82, 2.24) is 0 Å². The Morgan fingerprint density at radius 1 is 0.582 bits per heavy atom. The smallest absolute Gasteiger partial charge is 0.306 e. The van der Waals surface area contributed by atoms with Gasteiger partial charge in [0.1, 0.15) is 19.8 Å². The van der Waals surface area contributed by atoms with Gasteiger partial charge in [0.05, 0.1) is 27.7 Å². The van der Waals surface area contributed by atoms with Gasteiger partial charge in [-0.2, -0.15) is 0 Å². The number of hydrogen-bond donors (Lipinski definition) is 0. The zero-order valence-corrected chi connectivity index (χ0v) is 37.0. The maximum absolute atomic E-state index is 12.6.